The molecular weight excluding hydrogens is 194 g/mol. The Kier molecular flexibility index (Phi) is 2.97. The number of nitrogens with zero attached hydrogens (tertiary/aromatic N) is 1. The molecule has 0 unspecified atom stereocenters. The first-order valence-corrected chi connectivity index (χ1v) is 5.75. The number of anilines is 1. The lowest BCUT2D eigenvalue weighted by Crippen LogP contribution is -2.31. The van der Waals surface area contributed by atoms with Crippen LogP contribution in [0.2, 0.25) is 0 Å². The summed E-state index contributed by atoms with van der Waals surface area (Å²) in [5.74, 6) is 0.716. The third-order valence-electron chi connectivity index (χ3n) is 2.80. The molecule has 0 amide bonds. The zero-order valence-electron chi connectivity index (χ0n) is 8.59. The first-order chi connectivity index (χ1) is 6.81. The van der Waals surface area contributed by atoms with Crippen LogP contribution in [0, 0.1) is 6.92 Å². The monoisotopic (exact) mass is 209 g/mol. The maximum absolute atomic E-state index is 5.79. The molecule has 0 atom stereocenters. The average Bonchev–Trinajstić information content (AvgIpc) is 2.18. The summed E-state index contributed by atoms with van der Waals surface area (Å²) in [6, 6.07) is 6.72. The van der Waals surface area contributed by atoms with Crippen LogP contribution in [0.4, 0.5) is 5.69 Å². The second-order valence-electron chi connectivity index (χ2n) is 3.91. The highest BCUT2D eigenvalue weighted by atomic mass is 35.5. The van der Waals surface area contributed by atoms with Gasteiger partial charge in [0, 0.05) is 24.7 Å². The molecule has 1 aliphatic heterocycles. The molecule has 14 heavy (non-hydrogen) atoms. The Labute approximate surface area is 90.7 Å². The summed E-state index contributed by atoms with van der Waals surface area (Å²) in [4.78, 5) is 2.39. The smallest absolute Gasteiger partial charge is 0.0399 e. The lowest BCUT2D eigenvalue weighted by atomic mass is 10.00. The van der Waals surface area contributed by atoms with Gasteiger partial charge in [-0.25, -0.2) is 0 Å². The molecule has 0 saturated carbocycles. The molecule has 1 aromatic rings. The van der Waals surface area contributed by atoms with Gasteiger partial charge in [-0.3, -0.25) is 0 Å². The zero-order chi connectivity index (χ0) is 9.97. The summed E-state index contributed by atoms with van der Waals surface area (Å²) in [5.41, 5.74) is 4.24. The van der Waals surface area contributed by atoms with E-state index in [1.807, 2.05) is 0 Å². The molecule has 0 aromatic heterocycles. The van der Waals surface area contributed by atoms with Crippen molar-refractivity contribution in [2.75, 3.05) is 23.9 Å². The van der Waals surface area contributed by atoms with E-state index in [-0.39, 0.29) is 0 Å². The summed E-state index contributed by atoms with van der Waals surface area (Å²) in [5, 5.41) is 0. The molecule has 1 aliphatic rings. The number of hydrogen-bond donors (Lipinski definition) is 0. The molecule has 76 valence electrons. The highest BCUT2D eigenvalue weighted by molar-refractivity contribution is 6.18. The minimum Gasteiger partial charge on any atom is -0.370 e. The van der Waals surface area contributed by atoms with Crippen molar-refractivity contribution in [3.63, 3.8) is 0 Å². The number of benzene rings is 1. The number of alkyl halides is 1. The highest BCUT2D eigenvalue weighted by Crippen LogP contribution is 2.27. The summed E-state index contributed by atoms with van der Waals surface area (Å²) >= 11 is 5.79. The van der Waals surface area contributed by atoms with Crippen LogP contribution in [-0.2, 0) is 6.42 Å². The fraction of sp³-hybridized carbons (Fsp3) is 0.500. The molecule has 2 rings (SSSR count). The molecule has 0 spiro atoms. The molecule has 1 nitrogen and oxygen atoms in total. The van der Waals surface area contributed by atoms with E-state index >= 15 is 0 Å². The number of halogens is 1. The molecule has 1 aromatic carbocycles. The number of hydrogen-bond acceptors (Lipinski definition) is 1. The topological polar surface area (TPSA) is 3.24 Å². The first kappa shape index (κ1) is 9.85. The van der Waals surface area contributed by atoms with Crippen molar-refractivity contribution in [3.05, 3.63) is 29.3 Å². The van der Waals surface area contributed by atoms with Crippen LogP contribution < -0.4 is 4.90 Å². The van der Waals surface area contributed by atoms with Gasteiger partial charge >= 0.3 is 0 Å². The highest BCUT2D eigenvalue weighted by Gasteiger charge is 2.15. The molecule has 2 heteroatoms. The number of rotatable bonds is 2. The number of fused-ring (bicyclic) bond motifs is 1. The van der Waals surface area contributed by atoms with Crippen molar-refractivity contribution in [2.24, 2.45) is 0 Å². The van der Waals surface area contributed by atoms with E-state index in [9.17, 15) is 0 Å². The fourth-order valence-electron chi connectivity index (χ4n) is 2.14. The van der Waals surface area contributed by atoms with Gasteiger partial charge < -0.3 is 4.90 Å². The van der Waals surface area contributed by atoms with Crippen LogP contribution in [0.15, 0.2) is 18.2 Å². The largest absolute Gasteiger partial charge is 0.370 e. The van der Waals surface area contributed by atoms with E-state index in [0.29, 0.717) is 5.88 Å². The molecule has 0 bridgehead atoms. The summed E-state index contributed by atoms with van der Waals surface area (Å²) < 4.78 is 0. The van der Waals surface area contributed by atoms with E-state index in [0.717, 1.165) is 13.1 Å². The van der Waals surface area contributed by atoms with Crippen LogP contribution in [-0.4, -0.2) is 19.0 Å². The number of aryl methyl sites for hydroxylation is 2. The summed E-state index contributed by atoms with van der Waals surface area (Å²) in [6.07, 6.45) is 2.48. The van der Waals surface area contributed by atoms with Gasteiger partial charge in [0.05, 0.1) is 0 Å². The zero-order valence-corrected chi connectivity index (χ0v) is 9.35. The van der Waals surface area contributed by atoms with Gasteiger partial charge in [0.25, 0.3) is 0 Å². The Morgan fingerprint density at radius 2 is 2.29 bits per heavy atom. The molecule has 1 heterocycles. The summed E-state index contributed by atoms with van der Waals surface area (Å²) in [7, 11) is 0. The quantitative estimate of drug-likeness (QED) is 0.677. The van der Waals surface area contributed by atoms with Gasteiger partial charge in [-0.05, 0) is 31.4 Å². The van der Waals surface area contributed by atoms with E-state index in [1.165, 1.54) is 29.7 Å². The molecular formula is C12H16ClN. The van der Waals surface area contributed by atoms with Crippen molar-refractivity contribution in [1.29, 1.82) is 0 Å². The van der Waals surface area contributed by atoms with E-state index in [1.54, 1.807) is 0 Å². The van der Waals surface area contributed by atoms with Crippen LogP contribution in [0.25, 0.3) is 0 Å². The molecule has 0 aliphatic carbocycles. The minimum atomic E-state index is 0.716. The van der Waals surface area contributed by atoms with Crippen molar-refractivity contribution >= 4 is 17.3 Å². The Morgan fingerprint density at radius 3 is 3.07 bits per heavy atom. The lowest BCUT2D eigenvalue weighted by Gasteiger charge is -2.30. The Bertz CT molecular complexity index is 322. The Hall–Kier alpha value is -0.690. The van der Waals surface area contributed by atoms with E-state index < -0.39 is 0 Å². The Morgan fingerprint density at radius 1 is 1.43 bits per heavy atom. The van der Waals surface area contributed by atoms with Gasteiger partial charge in [0.2, 0.25) is 0 Å². The summed E-state index contributed by atoms with van der Waals surface area (Å²) in [6.45, 7) is 4.28. The van der Waals surface area contributed by atoms with Crippen LogP contribution >= 0.6 is 11.6 Å². The maximum atomic E-state index is 5.79. The van der Waals surface area contributed by atoms with Crippen molar-refractivity contribution in [2.45, 2.75) is 19.8 Å². The average molecular weight is 210 g/mol. The standard InChI is InChI=1S/C12H16ClN/c1-10-4-5-12-11(9-10)3-2-7-14(12)8-6-13/h4-5,9H,2-3,6-8H2,1H3. The minimum absolute atomic E-state index is 0.716. The van der Waals surface area contributed by atoms with Gasteiger partial charge in [0.15, 0.2) is 0 Å². The third kappa shape index (κ3) is 1.88. The predicted molar refractivity (Wildman–Crippen MR) is 62.4 cm³/mol. The van der Waals surface area contributed by atoms with Crippen LogP contribution in [0.3, 0.4) is 0 Å². The SMILES string of the molecule is Cc1ccc2c(c1)CCCN2CCCl. The first-order valence-electron chi connectivity index (χ1n) is 5.21. The van der Waals surface area contributed by atoms with Gasteiger partial charge in [0.1, 0.15) is 0 Å². The third-order valence-corrected chi connectivity index (χ3v) is 2.97. The molecule has 0 radical (unpaired) electrons. The van der Waals surface area contributed by atoms with Crippen molar-refractivity contribution in [3.8, 4) is 0 Å². The van der Waals surface area contributed by atoms with Gasteiger partial charge in [-0.1, -0.05) is 17.7 Å². The maximum Gasteiger partial charge on any atom is 0.0399 e. The normalized spacial score (nSPS) is 15.4. The van der Waals surface area contributed by atoms with Crippen LogP contribution in [0.1, 0.15) is 17.5 Å². The molecule has 0 fully saturated rings. The van der Waals surface area contributed by atoms with Gasteiger partial charge in [-0.2, -0.15) is 0 Å². The predicted octanol–water partition coefficient (Wildman–Crippen LogP) is 2.99. The molecule has 0 saturated heterocycles. The van der Waals surface area contributed by atoms with Crippen molar-refractivity contribution in [1.82, 2.24) is 0 Å². The van der Waals surface area contributed by atoms with Crippen molar-refractivity contribution < 1.29 is 0 Å². The Balaban J connectivity index is 2.30. The molecule has 0 N–H and O–H groups in total. The van der Waals surface area contributed by atoms with E-state index in [4.69, 9.17) is 11.6 Å². The lowest BCUT2D eigenvalue weighted by molar-refractivity contribution is 0.709. The van der Waals surface area contributed by atoms with Gasteiger partial charge in [-0.15, -0.1) is 11.6 Å². The second-order valence-corrected chi connectivity index (χ2v) is 4.29. The second kappa shape index (κ2) is 4.22. The fourth-order valence-corrected chi connectivity index (χ4v) is 2.34. The van der Waals surface area contributed by atoms with E-state index in [2.05, 4.69) is 30.0 Å². The van der Waals surface area contributed by atoms with Crippen LogP contribution in [0.5, 0.6) is 0 Å².